The molecule has 2 aromatic rings. The van der Waals surface area contributed by atoms with E-state index in [0.717, 1.165) is 37.2 Å². The van der Waals surface area contributed by atoms with Gasteiger partial charge in [0.05, 0.1) is 11.9 Å². The number of para-hydroxylation sites is 1. The van der Waals surface area contributed by atoms with Crippen molar-refractivity contribution < 1.29 is 4.79 Å². The van der Waals surface area contributed by atoms with Gasteiger partial charge in [0.25, 0.3) is 0 Å². The predicted molar refractivity (Wildman–Crippen MR) is 92.9 cm³/mol. The van der Waals surface area contributed by atoms with Crippen LogP contribution in [0.3, 0.4) is 0 Å². The maximum absolute atomic E-state index is 12.0. The van der Waals surface area contributed by atoms with Crippen LogP contribution in [0, 0.1) is 5.92 Å². The second-order valence-corrected chi connectivity index (χ2v) is 5.80. The molecule has 1 saturated heterocycles. The number of aromatic nitrogens is 2. The molecule has 6 heteroatoms. The normalized spacial score (nSPS) is 15.0. The Balaban J connectivity index is 0.00000192. The molecule has 3 rings (SSSR count). The number of rotatable bonds is 5. The lowest BCUT2D eigenvalue weighted by Crippen LogP contribution is -2.32. The molecular formula is C17H23ClN4O. The number of halogens is 1. The lowest BCUT2D eigenvalue weighted by molar-refractivity contribution is -0.122. The standard InChI is InChI=1S/C17H22N4O.ClH/c22-17(10-14-6-8-18-9-7-14)19-11-15-12-20-21(13-15)16-4-2-1-3-5-16;/h1-5,12-14,18H,6-11H2,(H,19,22);1H. The summed E-state index contributed by atoms with van der Waals surface area (Å²) in [6.07, 6.45) is 6.59. The molecule has 1 aliphatic rings. The summed E-state index contributed by atoms with van der Waals surface area (Å²) in [5.41, 5.74) is 2.04. The van der Waals surface area contributed by atoms with Crippen LogP contribution in [-0.2, 0) is 11.3 Å². The number of hydrogen-bond acceptors (Lipinski definition) is 3. The fourth-order valence-corrected chi connectivity index (χ4v) is 2.79. The molecule has 1 aliphatic heterocycles. The van der Waals surface area contributed by atoms with Crippen molar-refractivity contribution >= 4 is 18.3 Å². The summed E-state index contributed by atoms with van der Waals surface area (Å²) in [5, 5.41) is 10.7. The van der Waals surface area contributed by atoms with Crippen molar-refractivity contribution in [3.63, 3.8) is 0 Å². The number of carbonyl (C=O) groups is 1. The topological polar surface area (TPSA) is 59.0 Å². The first kappa shape index (κ1) is 17.5. The van der Waals surface area contributed by atoms with Crippen LogP contribution in [0.15, 0.2) is 42.7 Å². The molecule has 5 nitrogen and oxygen atoms in total. The zero-order valence-corrected chi connectivity index (χ0v) is 13.9. The van der Waals surface area contributed by atoms with E-state index in [1.54, 1.807) is 6.20 Å². The van der Waals surface area contributed by atoms with Crippen molar-refractivity contribution in [3.8, 4) is 5.69 Å². The minimum absolute atomic E-state index is 0. The van der Waals surface area contributed by atoms with E-state index in [9.17, 15) is 4.79 Å². The minimum atomic E-state index is 0. The van der Waals surface area contributed by atoms with Crippen molar-refractivity contribution in [1.29, 1.82) is 0 Å². The summed E-state index contributed by atoms with van der Waals surface area (Å²) in [5.74, 6) is 0.660. The highest BCUT2D eigenvalue weighted by Crippen LogP contribution is 2.15. The summed E-state index contributed by atoms with van der Waals surface area (Å²) < 4.78 is 1.83. The van der Waals surface area contributed by atoms with Crippen molar-refractivity contribution in [2.24, 2.45) is 5.92 Å². The molecule has 1 aromatic carbocycles. The molecule has 1 fully saturated rings. The van der Waals surface area contributed by atoms with Crippen LogP contribution in [0.1, 0.15) is 24.8 Å². The average Bonchev–Trinajstić information content (AvgIpc) is 3.04. The summed E-state index contributed by atoms with van der Waals surface area (Å²) in [6.45, 7) is 2.60. The second kappa shape index (κ2) is 8.70. The molecule has 0 radical (unpaired) electrons. The minimum Gasteiger partial charge on any atom is -0.352 e. The van der Waals surface area contributed by atoms with Crippen LogP contribution in [-0.4, -0.2) is 28.8 Å². The van der Waals surface area contributed by atoms with Crippen LogP contribution < -0.4 is 10.6 Å². The number of benzene rings is 1. The molecule has 0 unspecified atom stereocenters. The fourth-order valence-electron chi connectivity index (χ4n) is 2.79. The number of carbonyl (C=O) groups excluding carboxylic acids is 1. The fraction of sp³-hybridized carbons (Fsp3) is 0.412. The highest BCUT2D eigenvalue weighted by Gasteiger charge is 2.16. The Labute approximate surface area is 142 Å². The summed E-state index contributed by atoms with van der Waals surface area (Å²) in [4.78, 5) is 12.0. The Morgan fingerprint density at radius 3 is 2.74 bits per heavy atom. The van der Waals surface area contributed by atoms with Crippen molar-refractivity contribution in [2.45, 2.75) is 25.8 Å². The average molecular weight is 335 g/mol. The van der Waals surface area contributed by atoms with Gasteiger partial charge in [-0.1, -0.05) is 18.2 Å². The summed E-state index contributed by atoms with van der Waals surface area (Å²) in [7, 11) is 0. The zero-order valence-electron chi connectivity index (χ0n) is 13.1. The molecule has 0 aliphatic carbocycles. The lowest BCUT2D eigenvalue weighted by atomic mass is 9.94. The first-order valence-corrected chi connectivity index (χ1v) is 7.87. The molecule has 23 heavy (non-hydrogen) atoms. The van der Waals surface area contributed by atoms with Crippen LogP contribution in [0.4, 0.5) is 0 Å². The van der Waals surface area contributed by atoms with Gasteiger partial charge in [0.15, 0.2) is 0 Å². The Morgan fingerprint density at radius 2 is 2.00 bits per heavy atom. The molecule has 0 saturated carbocycles. The molecule has 2 N–H and O–H groups in total. The Hall–Kier alpha value is -1.85. The number of nitrogens with one attached hydrogen (secondary N) is 2. The summed E-state index contributed by atoms with van der Waals surface area (Å²) in [6, 6.07) is 9.96. The monoisotopic (exact) mass is 334 g/mol. The van der Waals surface area contributed by atoms with E-state index >= 15 is 0 Å². The van der Waals surface area contributed by atoms with Gasteiger partial charge in [0, 0.05) is 24.7 Å². The van der Waals surface area contributed by atoms with Gasteiger partial charge in [0.1, 0.15) is 0 Å². The SMILES string of the molecule is Cl.O=C(CC1CCNCC1)NCc1cnn(-c2ccccc2)c1. The molecular weight excluding hydrogens is 312 g/mol. The van der Waals surface area contributed by atoms with Gasteiger partial charge in [0.2, 0.25) is 5.91 Å². The Bertz CT molecular complexity index is 608. The maximum Gasteiger partial charge on any atom is 0.220 e. The Kier molecular flexibility index (Phi) is 6.62. The molecule has 124 valence electrons. The third kappa shape index (κ3) is 5.08. The number of amides is 1. The molecule has 1 amide bonds. The third-order valence-electron chi connectivity index (χ3n) is 4.08. The quantitative estimate of drug-likeness (QED) is 0.882. The Morgan fingerprint density at radius 1 is 1.26 bits per heavy atom. The van der Waals surface area contributed by atoms with Gasteiger partial charge in [-0.05, 0) is 44.0 Å². The van der Waals surface area contributed by atoms with Gasteiger partial charge in [-0.3, -0.25) is 4.79 Å². The summed E-state index contributed by atoms with van der Waals surface area (Å²) >= 11 is 0. The highest BCUT2D eigenvalue weighted by molar-refractivity contribution is 5.85. The van der Waals surface area contributed by atoms with E-state index < -0.39 is 0 Å². The van der Waals surface area contributed by atoms with Gasteiger partial charge in [-0.25, -0.2) is 4.68 Å². The van der Waals surface area contributed by atoms with Gasteiger partial charge in [-0.2, -0.15) is 5.10 Å². The van der Waals surface area contributed by atoms with E-state index in [-0.39, 0.29) is 18.3 Å². The molecule has 1 aromatic heterocycles. The van der Waals surface area contributed by atoms with E-state index in [0.29, 0.717) is 18.9 Å². The first-order valence-electron chi connectivity index (χ1n) is 7.87. The van der Waals surface area contributed by atoms with E-state index in [2.05, 4.69) is 15.7 Å². The largest absolute Gasteiger partial charge is 0.352 e. The predicted octanol–water partition coefficient (Wildman–Crippen LogP) is 2.30. The van der Waals surface area contributed by atoms with E-state index in [1.165, 1.54) is 0 Å². The number of hydrogen-bond donors (Lipinski definition) is 2. The number of nitrogens with zero attached hydrogens (tertiary/aromatic N) is 2. The second-order valence-electron chi connectivity index (χ2n) is 5.80. The smallest absolute Gasteiger partial charge is 0.220 e. The number of piperidine rings is 1. The molecule has 0 atom stereocenters. The third-order valence-corrected chi connectivity index (χ3v) is 4.08. The van der Waals surface area contributed by atoms with E-state index in [4.69, 9.17) is 0 Å². The highest BCUT2D eigenvalue weighted by atomic mass is 35.5. The van der Waals surface area contributed by atoms with Gasteiger partial charge >= 0.3 is 0 Å². The van der Waals surface area contributed by atoms with Crippen molar-refractivity contribution in [3.05, 3.63) is 48.3 Å². The van der Waals surface area contributed by atoms with Crippen LogP contribution >= 0.6 is 12.4 Å². The van der Waals surface area contributed by atoms with Gasteiger partial charge in [-0.15, -0.1) is 12.4 Å². The first-order chi connectivity index (χ1) is 10.8. The van der Waals surface area contributed by atoms with Crippen LogP contribution in [0.25, 0.3) is 5.69 Å². The zero-order chi connectivity index (χ0) is 15.2. The lowest BCUT2D eigenvalue weighted by Gasteiger charge is -2.21. The van der Waals surface area contributed by atoms with Crippen LogP contribution in [0.2, 0.25) is 0 Å². The molecule has 0 spiro atoms. The van der Waals surface area contributed by atoms with Gasteiger partial charge < -0.3 is 10.6 Å². The van der Waals surface area contributed by atoms with Crippen LogP contribution in [0.5, 0.6) is 0 Å². The molecule has 0 bridgehead atoms. The van der Waals surface area contributed by atoms with E-state index in [1.807, 2.05) is 41.2 Å². The molecule has 2 heterocycles. The maximum atomic E-state index is 12.0. The van der Waals surface area contributed by atoms with Crippen molar-refractivity contribution in [2.75, 3.05) is 13.1 Å². The van der Waals surface area contributed by atoms with Crippen molar-refractivity contribution in [1.82, 2.24) is 20.4 Å².